The molecule has 0 N–H and O–H groups in total. The fraction of sp³-hybridized carbons (Fsp3) is 0.250. The summed E-state index contributed by atoms with van der Waals surface area (Å²) in [5, 5.41) is 14.3. The summed E-state index contributed by atoms with van der Waals surface area (Å²) in [4.78, 5) is 13.7. The van der Waals surface area contributed by atoms with Crippen molar-refractivity contribution in [3.63, 3.8) is 0 Å². The first kappa shape index (κ1) is 18.1. The quantitative estimate of drug-likeness (QED) is 0.538. The molecular formula is C16H15N5O3S3. The molecular weight excluding hydrogens is 406 g/mol. The fourth-order valence-corrected chi connectivity index (χ4v) is 5.99. The third kappa shape index (κ3) is 3.49. The molecule has 0 aliphatic carbocycles. The lowest BCUT2D eigenvalue weighted by Gasteiger charge is -2.14. The molecule has 0 bridgehead atoms. The van der Waals surface area contributed by atoms with Crippen LogP contribution in [0, 0.1) is 0 Å². The normalized spacial score (nSPS) is 15.3. The Kier molecular flexibility index (Phi) is 4.98. The standard InChI is InChI=1S/C16H15N5O3S3/c22-15-13-5-1-2-6-14(13)27(23,24)21(15)9-11-26-16-17-18-19-20(16)8-7-12-4-3-10-25-12/h1-6,10H,7-9,11H2. The fourth-order valence-electron chi connectivity index (χ4n) is 2.78. The van der Waals surface area contributed by atoms with Crippen LogP contribution < -0.4 is 0 Å². The summed E-state index contributed by atoms with van der Waals surface area (Å²) < 4.78 is 27.7. The van der Waals surface area contributed by atoms with Crippen molar-refractivity contribution in [2.24, 2.45) is 0 Å². The number of benzene rings is 1. The molecule has 1 aliphatic heterocycles. The van der Waals surface area contributed by atoms with Gasteiger partial charge in [0.2, 0.25) is 5.16 Å². The van der Waals surface area contributed by atoms with Crippen LogP contribution in [0.5, 0.6) is 0 Å². The topological polar surface area (TPSA) is 98.1 Å². The number of thioether (sulfide) groups is 1. The van der Waals surface area contributed by atoms with Crippen molar-refractivity contribution in [3.8, 4) is 0 Å². The van der Waals surface area contributed by atoms with Crippen molar-refractivity contribution >= 4 is 39.0 Å². The van der Waals surface area contributed by atoms with Crippen LogP contribution >= 0.6 is 23.1 Å². The van der Waals surface area contributed by atoms with Crippen molar-refractivity contribution in [1.29, 1.82) is 0 Å². The minimum absolute atomic E-state index is 0.0678. The highest BCUT2D eigenvalue weighted by molar-refractivity contribution is 7.99. The second kappa shape index (κ2) is 7.41. The van der Waals surface area contributed by atoms with E-state index in [1.807, 2.05) is 11.4 Å². The molecule has 3 aromatic rings. The third-order valence-electron chi connectivity index (χ3n) is 4.09. The highest BCUT2D eigenvalue weighted by Gasteiger charge is 2.40. The van der Waals surface area contributed by atoms with E-state index in [0.717, 1.165) is 10.7 Å². The van der Waals surface area contributed by atoms with Crippen LogP contribution in [0.1, 0.15) is 15.2 Å². The monoisotopic (exact) mass is 421 g/mol. The van der Waals surface area contributed by atoms with Gasteiger partial charge in [-0.1, -0.05) is 30.0 Å². The van der Waals surface area contributed by atoms with E-state index >= 15 is 0 Å². The number of tetrazole rings is 1. The van der Waals surface area contributed by atoms with E-state index in [4.69, 9.17) is 0 Å². The molecule has 140 valence electrons. The molecule has 11 heteroatoms. The first-order valence-electron chi connectivity index (χ1n) is 8.15. The Morgan fingerprint density at radius 3 is 2.74 bits per heavy atom. The molecule has 1 amide bonds. The van der Waals surface area contributed by atoms with Crippen molar-refractivity contribution in [1.82, 2.24) is 24.5 Å². The maximum atomic E-state index is 12.5. The molecule has 0 saturated heterocycles. The molecule has 8 nitrogen and oxygen atoms in total. The molecule has 1 aromatic carbocycles. The number of carbonyl (C=O) groups excluding carboxylic acids is 1. The van der Waals surface area contributed by atoms with E-state index in [2.05, 4.69) is 21.6 Å². The van der Waals surface area contributed by atoms with Crippen molar-refractivity contribution in [2.75, 3.05) is 12.3 Å². The molecule has 0 spiro atoms. The Balaban J connectivity index is 1.38. The van der Waals surface area contributed by atoms with Crippen molar-refractivity contribution < 1.29 is 13.2 Å². The Morgan fingerprint density at radius 1 is 1.11 bits per heavy atom. The average molecular weight is 422 g/mol. The van der Waals surface area contributed by atoms with Gasteiger partial charge in [-0.25, -0.2) is 17.4 Å². The van der Waals surface area contributed by atoms with E-state index in [-0.39, 0.29) is 17.0 Å². The summed E-state index contributed by atoms with van der Waals surface area (Å²) >= 11 is 3.01. The zero-order chi connectivity index (χ0) is 18.9. The molecule has 2 aromatic heterocycles. The second-order valence-corrected chi connectivity index (χ2v) is 9.67. The van der Waals surface area contributed by atoms with Gasteiger partial charge in [0.05, 0.1) is 12.1 Å². The van der Waals surface area contributed by atoms with Gasteiger partial charge in [0.15, 0.2) is 0 Å². The predicted octanol–water partition coefficient (Wildman–Crippen LogP) is 1.91. The first-order chi connectivity index (χ1) is 13.1. The summed E-state index contributed by atoms with van der Waals surface area (Å²) in [5.41, 5.74) is 0.225. The zero-order valence-corrected chi connectivity index (χ0v) is 16.5. The van der Waals surface area contributed by atoms with Gasteiger partial charge in [0, 0.05) is 23.6 Å². The van der Waals surface area contributed by atoms with Gasteiger partial charge < -0.3 is 0 Å². The van der Waals surface area contributed by atoms with Crippen LogP contribution in [-0.4, -0.2) is 51.1 Å². The van der Waals surface area contributed by atoms with Crippen LogP contribution in [-0.2, 0) is 23.0 Å². The van der Waals surface area contributed by atoms with Gasteiger partial charge in [0.25, 0.3) is 15.9 Å². The lowest BCUT2D eigenvalue weighted by atomic mass is 10.2. The van der Waals surface area contributed by atoms with E-state index in [0.29, 0.717) is 17.5 Å². The Labute approximate surface area is 164 Å². The number of aryl methyl sites for hydroxylation is 2. The maximum Gasteiger partial charge on any atom is 0.269 e. The van der Waals surface area contributed by atoms with Crippen LogP contribution in [0.25, 0.3) is 0 Å². The number of fused-ring (bicyclic) bond motifs is 1. The smallest absolute Gasteiger partial charge is 0.268 e. The Hall–Kier alpha value is -2.24. The number of sulfonamides is 1. The Bertz CT molecular complexity index is 1060. The summed E-state index contributed by atoms with van der Waals surface area (Å²) in [5.74, 6) is -0.110. The van der Waals surface area contributed by atoms with Crippen molar-refractivity contribution in [3.05, 3.63) is 52.2 Å². The third-order valence-corrected chi connectivity index (χ3v) is 7.80. The molecule has 4 rings (SSSR count). The number of hydrogen-bond acceptors (Lipinski definition) is 8. The molecule has 0 unspecified atom stereocenters. The van der Waals surface area contributed by atoms with E-state index < -0.39 is 15.9 Å². The highest BCUT2D eigenvalue weighted by Crippen LogP contribution is 2.30. The largest absolute Gasteiger partial charge is 0.269 e. The number of aromatic nitrogens is 4. The molecule has 0 fully saturated rings. The molecule has 3 heterocycles. The number of nitrogens with zero attached hydrogens (tertiary/aromatic N) is 5. The summed E-state index contributed by atoms with van der Waals surface area (Å²) in [6, 6.07) is 10.3. The van der Waals surface area contributed by atoms with Crippen LogP contribution in [0.2, 0.25) is 0 Å². The number of amides is 1. The minimum Gasteiger partial charge on any atom is -0.268 e. The minimum atomic E-state index is -3.77. The van der Waals surface area contributed by atoms with E-state index in [1.165, 1.54) is 28.8 Å². The number of rotatable bonds is 7. The zero-order valence-electron chi connectivity index (χ0n) is 14.1. The summed E-state index contributed by atoms with van der Waals surface area (Å²) in [7, 11) is -3.77. The van der Waals surface area contributed by atoms with Gasteiger partial charge in [0.1, 0.15) is 4.90 Å². The molecule has 0 radical (unpaired) electrons. The molecule has 0 saturated carbocycles. The van der Waals surface area contributed by atoms with Crippen molar-refractivity contribution in [2.45, 2.75) is 23.0 Å². The van der Waals surface area contributed by atoms with E-state index in [1.54, 1.807) is 28.2 Å². The van der Waals surface area contributed by atoms with Gasteiger partial charge in [-0.2, -0.15) is 0 Å². The van der Waals surface area contributed by atoms with E-state index in [9.17, 15) is 13.2 Å². The molecule has 27 heavy (non-hydrogen) atoms. The van der Waals surface area contributed by atoms with Gasteiger partial charge >= 0.3 is 0 Å². The lowest BCUT2D eigenvalue weighted by Crippen LogP contribution is -2.32. The van der Waals surface area contributed by atoms with Gasteiger partial charge in [-0.3, -0.25) is 4.79 Å². The summed E-state index contributed by atoms with van der Waals surface area (Å²) in [6.07, 6.45) is 0.824. The predicted molar refractivity (Wildman–Crippen MR) is 101 cm³/mol. The molecule has 0 atom stereocenters. The average Bonchev–Trinajstić information content (AvgIpc) is 3.37. The van der Waals surface area contributed by atoms with Crippen LogP contribution in [0.4, 0.5) is 0 Å². The highest BCUT2D eigenvalue weighted by atomic mass is 32.2. The van der Waals surface area contributed by atoms with Gasteiger partial charge in [-0.05, 0) is 34.0 Å². The number of hydrogen-bond donors (Lipinski definition) is 0. The van der Waals surface area contributed by atoms with Crippen LogP contribution in [0.3, 0.4) is 0 Å². The molecule has 1 aliphatic rings. The summed E-state index contributed by atoms with van der Waals surface area (Å²) in [6.45, 7) is 0.709. The lowest BCUT2D eigenvalue weighted by molar-refractivity contribution is 0.0876. The number of carbonyl (C=O) groups is 1. The first-order valence-corrected chi connectivity index (χ1v) is 11.5. The Morgan fingerprint density at radius 2 is 1.96 bits per heavy atom. The number of thiophene rings is 1. The maximum absolute atomic E-state index is 12.5. The SMILES string of the molecule is O=C1c2ccccc2S(=O)(=O)N1CCSc1nnnn1CCc1cccs1. The second-order valence-electron chi connectivity index (χ2n) is 5.74. The van der Waals surface area contributed by atoms with Crippen LogP contribution in [0.15, 0.2) is 51.8 Å². The van der Waals surface area contributed by atoms with Gasteiger partial charge in [-0.15, -0.1) is 16.4 Å².